The number of aromatic nitrogens is 2. The molecule has 0 aliphatic heterocycles. The van der Waals surface area contributed by atoms with Gasteiger partial charge in [0.05, 0.1) is 6.33 Å². The molecule has 1 unspecified atom stereocenters. The molecular formula is C19H22N2S. The number of rotatable bonds is 6. The van der Waals surface area contributed by atoms with Crippen LogP contribution < -0.4 is 0 Å². The van der Waals surface area contributed by atoms with Crippen molar-refractivity contribution >= 4 is 22.5 Å². The van der Waals surface area contributed by atoms with Crippen molar-refractivity contribution in [3.05, 3.63) is 66.7 Å². The van der Waals surface area contributed by atoms with Crippen LogP contribution in [0.15, 0.2) is 61.2 Å². The predicted octanol–water partition coefficient (Wildman–Crippen LogP) is 5.17. The lowest BCUT2D eigenvalue weighted by molar-refractivity contribution is 0.679. The first-order valence-electron chi connectivity index (χ1n) is 7.79. The van der Waals surface area contributed by atoms with Gasteiger partial charge in [0.15, 0.2) is 0 Å². The maximum Gasteiger partial charge on any atom is 0.0946 e. The molecule has 0 saturated carbocycles. The van der Waals surface area contributed by atoms with Gasteiger partial charge in [-0.05, 0) is 28.0 Å². The molecule has 0 bridgehead atoms. The van der Waals surface area contributed by atoms with E-state index in [2.05, 4.69) is 65.9 Å². The Hall–Kier alpha value is -1.74. The van der Waals surface area contributed by atoms with Gasteiger partial charge in [-0.2, -0.15) is 11.8 Å². The highest BCUT2D eigenvalue weighted by Crippen LogP contribution is 2.36. The van der Waals surface area contributed by atoms with Crippen LogP contribution in [0.5, 0.6) is 0 Å². The fourth-order valence-corrected chi connectivity index (χ4v) is 3.95. The van der Waals surface area contributed by atoms with Crippen molar-refractivity contribution in [2.45, 2.75) is 25.6 Å². The molecule has 1 atom stereocenters. The highest BCUT2D eigenvalue weighted by atomic mass is 32.2. The van der Waals surface area contributed by atoms with Gasteiger partial charge < -0.3 is 4.57 Å². The summed E-state index contributed by atoms with van der Waals surface area (Å²) in [6.07, 6.45) is 5.81. The number of hydrogen-bond acceptors (Lipinski definition) is 2. The molecule has 2 nitrogen and oxygen atoms in total. The standard InChI is InChI=1S/C19H22N2S/c1-15(2)13-22-19(12-21-11-10-20-14-21)18-9-5-7-16-6-3-4-8-17(16)18/h3-11,14-15,19H,12-13H2,1-2H3. The molecule has 0 N–H and O–H groups in total. The maximum absolute atomic E-state index is 4.18. The Bertz CT molecular complexity index is 714. The van der Waals surface area contributed by atoms with Gasteiger partial charge in [-0.25, -0.2) is 4.98 Å². The Morgan fingerprint density at radius 2 is 1.91 bits per heavy atom. The third kappa shape index (κ3) is 3.53. The SMILES string of the molecule is CC(C)CSC(Cn1ccnc1)c1cccc2ccccc12. The van der Waals surface area contributed by atoms with E-state index in [9.17, 15) is 0 Å². The molecule has 1 heterocycles. The Kier molecular flexibility index (Phi) is 4.84. The Balaban J connectivity index is 1.95. The van der Waals surface area contributed by atoms with Crippen molar-refractivity contribution in [1.82, 2.24) is 9.55 Å². The predicted molar refractivity (Wildman–Crippen MR) is 96.2 cm³/mol. The molecule has 114 valence electrons. The minimum atomic E-state index is 0.447. The van der Waals surface area contributed by atoms with E-state index >= 15 is 0 Å². The van der Waals surface area contributed by atoms with E-state index in [1.165, 1.54) is 22.1 Å². The molecule has 0 amide bonds. The lowest BCUT2D eigenvalue weighted by atomic mass is 10.0. The van der Waals surface area contributed by atoms with E-state index in [0.717, 1.165) is 6.54 Å². The first kappa shape index (κ1) is 15.2. The fourth-order valence-electron chi connectivity index (χ4n) is 2.67. The third-order valence-electron chi connectivity index (χ3n) is 3.74. The first-order valence-corrected chi connectivity index (χ1v) is 8.84. The Labute approximate surface area is 136 Å². The minimum Gasteiger partial charge on any atom is -0.336 e. The van der Waals surface area contributed by atoms with Crippen LogP contribution in [0, 0.1) is 5.92 Å². The molecule has 2 aromatic carbocycles. The molecule has 3 heteroatoms. The average Bonchev–Trinajstić information content (AvgIpc) is 3.04. The quantitative estimate of drug-likeness (QED) is 0.625. The molecule has 3 aromatic rings. The number of imidazole rings is 1. The zero-order valence-corrected chi connectivity index (χ0v) is 14.0. The van der Waals surface area contributed by atoms with Crippen molar-refractivity contribution in [3.8, 4) is 0 Å². The van der Waals surface area contributed by atoms with Gasteiger partial charge in [0, 0.05) is 24.2 Å². The molecule has 0 radical (unpaired) electrons. The molecule has 0 saturated heterocycles. The van der Waals surface area contributed by atoms with Crippen LogP contribution in [-0.2, 0) is 6.54 Å². The van der Waals surface area contributed by atoms with Gasteiger partial charge in [0.25, 0.3) is 0 Å². The summed E-state index contributed by atoms with van der Waals surface area (Å²) >= 11 is 2.05. The maximum atomic E-state index is 4.18. The Morgan fingerprint density at radius 1 is 1.09 bits per heavy atom. The van der Waals surface area contributed by atoms with Gasteiger partial charge in [-0.15, -0.1) is 0 Å². The smallest absolute Gasteiger partial charge is 0.0946 e. The third-order valence-corrected chi connectivity index (χ3v) is 5.40. The lowest BCUT2D eigenvalue weighted by Crippen LogP contribution is -2.07. The highest BCUT2D eigenvalue weighted by Gasteiger charge is 2.16. The van der Waals surface area contributed by atoms with Gasteiger partial charge in [0.2, 0.25) is 0 Å². The van der Waals surface area contributed by atoms with E-state index in [1.807, 2.05) is 30.5 Å². The number of benzene rings is 2. The summed E-state index contributed by atoms with van der Waals surface area (Å²) in [5.74, 6) is 1.87. The Morgan fingerprint density at radius 3 is 2.68 bits per heavy atom. The van der Waals surface area contributed by atoms with Crippen LogP contribution in [-0.4, -0.2) is 15.3 Å². The van der Waals surface area contributed by atoms with Crippen molar-refractivity contribution in [2.75, 3.05) is 5.75 Å². The minimum absolute atomic E-state index is 0.447. The second-order valence-corrected chi connectivity index (χ2v) is 7.28. The van der Waals surface area contributed by atoms with E-state index in [1.54, 1.807) is 0 Å². The van der Waals surface area contributed by atoms with Gasteiger partial charge in [0.1, 0.15) is 0 Å². The molecular weight excluding hydrogens is 288 g/mol. The van der Waals surface area contributed by atoms with Crippen LogP contribution in [0.25, 0.3) is 10.8 Å². The van der Waals surface area contributed by atoms with E-state index in [0.29, 0.717) is 11.2 Å². The fraction of sp³-hybridized carbons (Fsp3) is 0.316. The van der Waals surface area contributed by atoms with Gasteiger partial charge in [-0.3, -0.25) is 0 Å². The highest BCUT2D eigenvalue weighted by molar-refractivity contribution is 7.99. The monoisotopic (exact) mass is 310 g/mol. The summed E-state index contributed by atoms with van der Waals surface area (Å²) in [6.45, 7) is 5.53. The summed E-state index contributed by atoms with van der Waals surface area (Å²) in [6, 6.07) is 15.3. The van der Waals surface area contributed by atoms with Gasteiger partial charge >= 0.3 is 0 Å². The largest absolute Gasteiger partial charge is 0.336 e. The van der Waals surface area contributed by atoms with Crippen molar-refractivity contribution in [3.63, 3.8) is 0 Å². The van der Waals surface area contributed by atoms with Crippen molar-refractivity contribution < 1.29 is 0 Å². The van der Waals surface area contributed by atoms with Crippen LogP contribution in [0.3, 0.4) is 0 Å². The van der Waals surface area contributed by atoms with Crippen LogP contribution in [0.2, 0.25) is 0 Å². The summed E-state index contributed by atoms with van der Waals surface area (Å²) in [7, 11) is 0. The summed E-state index contributed by atoms with van der Waals surface area (Å²) in [5, 5.41) is 3.13. The number of thioether (sulfide) groups is 1. The molecule has 1 aromatic heterocycles. The van der Waals surface area contributed by atoms with Crippen molar-refractivity contribution in [2.24, 2.45) is 5.92 Å². The lowest BCUT2D eigenvalue weighted by Gasteiger charge is -2.20. The summed E-state index contributed by atoms with van der Waals surface area (Å²) in [5.41, 5.74) is 1.43. The average molecular weight is 310 g/mol. The molecule has 0 aliphatic carbocycles. The molecule has 0 fully saturated rings. The normalized spacial score (nSPS) is 12.9. The number of nitrogens with zero attached hydrogens (tertiary/aromatic N) is 2. The summed E-state index contributed by atoms with van der Waals surface area (Å²) < 4.78 is 2.18. The van der Waals surface area contributed by atoms with Gasteiger partial charge in [-0.1, -0.05) is 56.3 Å². The number of fused-ring (bicyclic) bond motifs is 1. The number of hydrogen-bond donors (Lipinski definition) is 0. The van der Waals surface area contributed by atoms with Crippen LogP contribution in [0.4, 0.5) is 0 Å². The van der Waals surface area contributed by atoms with E-state index in [4.69, 9.17) is 0 Å². The van der Waals surface area contributed by atoms with Crippen molar-refractivity contribution in [1.29, 1.82) is 0 Å². The molecule has 3 rings (SSSR count). The zero-order chi connectivity index (χ0) is 15.4. The summed E-state index contributed by atoms with van der Waals surface area (Å²) in [4.78, 5) is 4.18. The second-order valence-electron chi connectivity index (χ2n) is 6.04. The second kappa shape index (κ2) is 7.01. The topological polar surface area (TPSA) is 17.8 Å². The molecule has 22 heavy (non-hydrogen) atoms. The molecule has 0 spiro atoms. The molecule has 0 aliphatic rings. The van der Waals surface area contributed by atoms with Crippen LogP contribution in [0.1, 0.15) is 24.7 Å². The van der Waals surface area contributed by atoms with E-state index in [-0.39, 0.29) is 0 Å². The first-order chi connectivity index (χ1) is 10.7. The zero-order valence-electron chi connectivity index (χ0n) is 13.1. The van der Waals surface area contributed by atoms with E-state index < -0.39 is 0 Å². The van der Waals surface area contributed by atoms with Crippen LogP contribution >= 0.6 is 11.8 Å².